The topological polar surface area (TPSA) is 65.4 Å². The lowest BCUT2D eigenvalue weighted by atomic mass is 10.1. The van der Waals surface area contributed by atoms with Gasteiger partial charge in [0.25, 0.3) is 0 Å². The number of nitrogens with zero attached hydrogens (tertiary/aromatic N) is 2. The maximum atomic E-state index is 12.4. The fraction of sp³-hybridized carbons (Fsp3) is 0.238. The Kier molecular flexibility index (Phi) is 5.76. The molecule has 0 radical (unpaired) electrons. The molecule has 1 unspecified atom stereocenters. The van der Waals surface area contributed by atoms with E-state index in [4.69, 9.17) is 9.47 Å². The Balaban J connectivity index is 1.62. The van der Waals surface area contributed by atoms with Gasteiger partial charge in [0.15, 0.2) is 11.5 Å². The van der Waals surface area contributed by atoms with Gasteiger partial charge in [-0.2, -0.15) is 0 Å². The van der Waals surface area contributed by atoms with Gasteiger partial charge in [0.05, 0.1) is 33.0 Å². The van der Waals surface area contributed by atoms with E-state index in [0.29, 0.717) is 11.5 Å². The summed E-state index contributed by atoms with van der Waals surface area (Å²) in [6.07, 6.45) is 5.66. The predicted molar refractivity (Wildman–Crippen MR) is 103 cm³/mol. The average Bonchev–Trinajstić information content (AvgIpc) is 3.22. The van der Waals surface area contributed by atoms with E-state index in [2.05, 4.69) is 10.3 Å². The van der Waals surface area contributed by atoms with Crippen LogP contribution >= 0.6 is 0 Å². The molecule has 6 heteroatoms. The molecule has 1 heterocycles. The first-order chi connectivity index (χ1) is 13.1. The van der Waals surface area contributed by atoms with E-state index in [1.165, 1.54) is 0 Å². The second-order valence-corrected chi connectivity index (χ2v) is 6.22. The van der Waals surface area contributed by atoms with E-state index in [1.54, 1.807) is 32.8 Å². The summed E-state index contributed by atoms with van der Waals surface area (Å²) in [6.45, 7) is 1.97. The zero-order chi connectivity index (χ0) is 19.2. The molecule has 2 aromatic carbocycles. The summed E-state index contributed by atoms with van der Waals surface area (Å²) in [6, 6.07) is 13.4. The molecule has 27 heavy (non-hydrogen) atoms. The fourth-order valence-corrected chi connectivity index (χ4v) is 2.90. The highest BCUT2D eigenvalue weighted by molar-refractivity contribution is 5.79. The SMILES string of the molecule is COc1ccc(CC(=O)NC(C)c2ccc(-n3ccnc3)cc2)cc1OC. The molecule has 0 spiro atoms. The number of hydrogen-bond acceptors (Lipinski definition) is 4. The number of benzene rings is 2. The summed E-state index contributed by atoms with van der Waals surface area (Å²) in [5.41, 5.74) is 2.94. The third-order valence-electron chi connectivity index (χ3n) is 4.39. The molecule has 1 atom stereocenters. The highest BCUT2D eigenvalue weighted by atomic mass is 16.5. The van der Waals surface area contributed by atoms with Gasteiger partial charge in [0.2, 0.25) is 5.91 Å². The Bertz CT molecular complexity index is 890. The first kappa shape index (κ1) is 18.5. The van der Waals surface area contributed by atoms with Gasteiger partial charge in [-0.3, -0.25) is 4.79 Å². The second kappa shape index (κ2) is 8.40. The standard InChI is InChI=1S/C21H23N3O3/c1-15(17-5-7-18(8-6-17)24-11-10-22-14-24)23-21(25)13-16-4-9-19(26-2)20(12-16)27-3/h4-12,14-15H,13H2,1-3H3,(H,23,25). The molecule has 0 fully saturated rings. The lowest BCUT2D eigenvalue weighted by Crippen LogP contribution is -2.28. The zero-order valence-corrected chi connectivity index (χ0v) is 15.7. The molecule has 0 aliphatic heterocycles. The van der Waals surface area contributed by atoms with Gasteiger partial charge >= 0.3 is 0 Å². The van der Waals surface area contributed by atoms with Crippen LogP contribution in [0.25, 0.3) is 5.69 Å². The minimum atomic E-state index is -0.0884. The average molecular weight is 365 g/mol. The second-order valence-electron chi connectivity index (χ2n) is 6.22. The van der Waals surface area contributed by atoms with Gasteiger partial charge in [-0.1, -0.05) is 18.2 Å². The Labute approximate surface area is 158 Å². The van der Waals surface area contributed by atoms with Crippen LogP contribution in [0, 0.1) is 0 Å². The van der Waals surface area contributed by atoms with Gasteiger partial charge in [-0.05, 0) is 42.3 Å². The van der Waals surface area contributed by atoms with E-state index in [1.807, 2.05) is 54.1 Å². The molecule has 0 aliphatic carbocycles. The molecule has 1 amide bonds. The Morgan fingerprint density at radius 3 is 2.48 bits per heavy atom. The zero-order valence-electron chi connectivity index (χ0n) is 15.7. The number of hydrogen-bond donors (Lipinski definition) is 1. The van der Waals surface area contributed by atoms with Crippen LogP contribution in [-0.4, -0.2) is 29.7 Å². The van der Waals surface area contributed by atoms with Crippen molar-refractivity contribution in [3.63, 3.8) is 0 Å². The molecule has 0 saturated heterocycles. The largest absolute Gasteiger partial charge is 0.493 e. The van der Waals surface area contributed by atoms with Crippen LogP contribution in [0.5, 0.6) is 11.5 Å². The van der Waals surface area contributed by atoms with Gasteiger partial charge in [0, 0.05) is 18.1 Å². The molecule has 0 saturated carbocycles. The summed E-state index contributed by atoms with van der Waals surface area (Å²) in [5, 5.41) is 3.03. The number of imidazole rings is 1. The van der Waals surface area contributed by atoms with Crippen molar-refractivity contribution in [1.29, 1.82) is 0 Å². The van der Waals surface area contributed by atoms with Crippen LogP contribution in [0.1, 0.15) is 24.1 Å². The molecule has 140 valence electrons. The Morgan fingerprint density at radius 1 is 1.11 bits per heavy atom. The van der Waals surface area contributed by atoms with E-state index in [0.717, 1.165) is 16.8 Å². The lowest BCUT2D eigenvalue weighted by molar-refractivity contribution is -0.121. The minimum absolute atomic E-state index is 0.0478. The highest BCUT2D eigenvalue weighted by Gasteiger charge is 2.12. The van der Waals surface area contributed by atoms with Gasteiger partial charge in [-0.15, -0.1) is 0 Å². The van der Waals surface area contributed by atoms with Gasteiger partial charge in [0.1, 0.15) is 0 Å². The fourth-order valence-electron chi connectivity index (χ4n) is 2.90. The quantitative estimate of drug-likeness (QED) is 0.698. The predicted octanol–water partition coefficient (Wildman–Crippen LogP) is 3.31. The van der Waals surface area contributed by atoms with Crippen molar-refractivity contribution in [2.75, 3.05) is 14.2 Å². The number of amides is 1. The third kappa shape index (κ3) is 4.47. The van der Waals surface area contributed by atoms with Crippen LogP contribution in [0.3, 0.4) is 0 Å². The number of ether oxygens (including phenoxy) is 2. The highest BCUT2D eigenvalue weighted by Crippen LogP contribution is 2.27. The maximum absolute atomic E-state index is 12.4. The van der Waals surface area contributed by atoms with Crippen molar-refractivity contribution < 1.29 is 14.3 Å². The Hall–Kier alpha value is -3.28. The number of aromatic nitrogens is 2. The smallest absolute Gasteiger partial charge is 0.224 e. The summed E-state index contributed by atoms with van der Waals surface area (Å²) in [7, 11) is 3.17. The van der Waals surface area contributed by atoms with Crippen LogP contribution in [0.15, 0.2) is 61.2 Å². The number of methoxy groups -OCH3 is 2. The van der Waals surface area contributed by atoms with Gasteiger partial charge in [-0.25, -0.2) is 4.98 Å². The van der Waals surface area contributed by atoms with Gasteiger partial charge < -0.3 is 19.4 Å². The molecular weight excluding hydrogens is 342 g/mol. The molecule has 1 N–H and O–H groups in total. The summed E-state index contributed by atoms with van der Waals surface area (Å²) < 4.78 is 12.4. The number of carbonyl (C=O) groups excluding carboxylic acids is 1. The van der Waals surface area contributed by atoms with Crippen LogP contribution < -0.4 is 14.8 Å². The lowest BCUT2D eigenvalue weighted by Gasteiger charge is -2.15. The molecule has 6 nitrogen and oxygen atoms in total. The third-order valence-corrected chi connectivity index (χ3v) is 4.39. The van der Waals surface area contributed by atoms with Crippen molar-refractivity contribution >= 4 is 5.91 Å². The summed E-state index contributed by atoms with van der Waals surface area (Å²) in [4.78, 5) is 16.5. The monoisotopic (exact) mass is 365 g/mol. The number of nitrogens with one attached hydrogen (secondary N) is 1. The van der Waals surface area contributed by atoms with Crippen molar-refractivity contribution in [1.82, 2.24) is 14.9 Å². The number of rotatable bonds is 7. The van der Waals surface area contributed by atoms with Crippen molar-refractivity contribution in [2.24, 2.45) is 0 Å². The van der Waals surface area contributed by atoms with Crippen LogP contribution in [0.4, 0.5) is 0 Å². The first-order valence-electron chi connectivity index (χ1n) is 8.69. The molecule has 1 aromatic heterocycles. The number of carbonyl (C=O) groups is 1. The first-order valence-corrected chi connectivity index (χ1v) is 8.69. The van der Waals surface area contributed by atoms with Crippen molar-refractivity contribution in [2.45, 2.75) is 19.4 Å². The minimum Gasteiger partial charge on any atom is -0.493 e. The summed E-state index contributed by atoms with van der Waals surface area (Å²) in [5.74, 6) is 1.22. The van der Waals surface area contributed by atoms with E-state index in [-0.39, 0.29) is 18.4 Å². The molecule has 3 rings (SSSR count). The van der Waals surface area contributed by atoms with Crippen molar-refractivity contribution in [3.8, 4) is 17.2 Å². The molecule has 0 aliphatic rings. The maximum Gasteiger partial charge on any atom is 0.224 e. The van der Waals surface area contributed by atoms with Crippen LogP contribution in [0.2, 0.25) is 0 Å². The van der Waals surface area contributed by atoms with Crippen molar-refractivity contribution in [3.05, 3.63) is 72.3 Å². The summed E-state index contributed by atoms with van der Waals surface area (Å²) >= 11 is 0. The molecule has 0 bridgehead atoms. The van der Waals surface area contributed by atoms with E-state index < -0.39 is 0 Å². The normalized spacial score (nSPS) is 11.7. The van der Waals surface area contributed by atoms with E-state index in [9.17, 15) is 4.79 Å². The van der Waals surface area contributed by atoms with E-state index >= 15 is 0 Å². The Morgan fingerprint density at radius 2 is 1.85 bits per heavy atom. The molecular formula is C21H23N3O3. The van der Waals surface area contributed by atoms with Crippen LogP contribution in [-0.2, 0) is 11.2 Å². The molecule has 3 aromatic rings.